The zero-order chi connectivity index (χ0) is 15.6. The van der Waals surface area contributed by atoms with Gasteiger partial charge in [0.1, 0.15) is 0 Å². The Hall–Kier alpha value is -1.23. The molecule has 0 spiro atoms. The summed E-state index contributed by atoms with van der Waals surface area (Å²) in [5.41, 5.74) is 9.24. The van der Waals surface area contributed by atoms with Crippen molar-refractivity contribution in [2.24, 2.45) is 5.73 Å². The van der Waals surface area contributed by atoms with E-state index in [1.54, 1.807) is 14.2 Å². The predicted molar refractivity (Wildman–Crippen MR) is 89.5 cm³/mol. The second kappa shape index (κ2) is 6.69. The van der Waals surface area contributed by atoms with Crippen molar-refractivity contribution in [2.45, 2.75) is 13.0 Å². The van der Waals surface area contributed by atoms with Gasteiger partial charge in [-0.2, -0.15) is 0 Å². The molecule has 112 valence electrons. The van der Waals surface area contributed by atoms with Crippen LogP contribution in [0, 0.1) is 6.92 Å². The zero-order valence-electron chi connectivity index (χ0n) is 12.1. The number of hydrogen-bond donors (Lipinski definition) is 1. The minimum absolute atomic E-state index is 0.338. The lowest BCUT2D eigenvalue weighted by Gasteiger charge is -2.19. The molecule has 5 heteroatoms. The van der Waals surface area contributed by atoms with Crippen LogP contribution >= 0.6 is 27.5 Å². The number of aryl methyl sites for hydroxylation is 1. The topological polar surface area (TPSA) is 44.5 Å². The maximum atomic E-state index is 6.40. The molecule has 0 aromatic heterocycles. The number of rotatable bonds is 4. The summed E-state index contributed by atoms with van der Waals surface area (Å²) in [6.07, 6.45) is 0. The van der Waals surface area contributed by atoms with Crippen molar-refractivity contribution >= 4 is 27.5 Å². The molecule has 0 aliphatic heterocycles. The van der Waals surface area contributed by atoms with E-state index < -0.39 is 0 Å². The lowest BCUT2D eigenvalue weighted by molar-refractivity contribution is 0.354. The highest BCUT2D eigenvalue weighted by atomic mass is 79.9. The highest BCUT2D eigenvalue weighted by Gasteiger charge is 2.18. The molecular weight excluding hydrogens is 354 g/mol. The zero-order valence-corrected chi connectivity index (χ0v) is 14.5. The molecule has 2 N–H and O–H groups in total. The lowest BCUT2D eigenvalue weighted by Crippen LogP contribution is -2.14. The van der Waals surface area contributed by atoms with Gasteiger partial charge in [0.05, 0.1) is 20.3 Å². The SMILES string of the molecule is COc1cc(C)c(C(N)c2cc(Br)ccc2Cl)cc1OC. The van der Waals surface area contributed by atoms with Gasteiger partial charge in [-0.1, -0.05) is 27.5 Å². The Morgan fingerprint density at radius 1 is 1.05 bits per heavy atom. The number of hydrogen-bond acceptors (Lipinski definition) is 3. The van der Waals surface area contributed by atoms with Crippen LogP contribution in [-0.4, -0.2) is 14.2 Å². The molecule has 21 heavy (non-hydrogen) atoms. The van der Waals surface area contributed by atoms with Gasteiger partial charge in [-0.25, -0.2) is 0 Å². The van der Waals surface area contributed by atoms with Crippen LogP contribution < -0.4 is 15.2 Å². The van der Waals surface area contributed by atoms with Gasteiger partial charge in [-0.05, 0) is 53.9 Å². The lowest BCUT2D eigenvalue weighted by atomic mass is 9.95. The first-order valence-corrected chi connectivity index (χ1v) is 7.58. The Balaban J connectivity index is 2.52. The quantitative estimate of drug-likeness (QED) is 0.863. The van der Waals surface area contributed by atoms with Crippen molar-refractivity contribution in [2.75, 3.05) is 14.2 Å². The fourth-order valence-electron chi connectivity index (χ4n) is 2.25. The molecule has 0 heterocycles. The summed E-state index contributed by atoms with van der Waals surface area (Å²) >= 11 is 9.72. The molecule has 2 aromatic carbocycles. The fraction of sp³-hybridized carbons (Fsp3) is 0.250. The summed E-state index contributed by atoms with van der Waals surface area (Å²) in [6, 6.07) is 9.13. The molecule has 0 amide bonds. The van der Waals surface area contributed by atoms with Crippen LogP contribution in [0.15, 0.2) is 34.8 Å². The maximum Gasteiger partial charge on any atom is 0.161 e. The van der Waals surface area contributed by atoms with Crippen molar-refractivity contribution in [3.8, 4) is 11.5 Å². The Bertz CT molecular complexity index is 661. The minimum Gasteiger partial charge on any atom is -0.493 e. The number of ether oxygens (including phenoxy) is 2. The Morgan fingerprint density at radius 2 is 1.67 bits per heavy atom. The summed E-state index contributed by atoms with van der Waals surface area (Å²) in [4.78, 5) is 0. The second-order valence-electron chi connectivity index (χ2n) is 4.71. The molecule has 0 fully saturated rings. The number of benzene rings is 2. The molecule has 3 nitrogen and oxygen atoms in total. The summed E-state index contributed by atoms with van der Waals surface area (Å²) in [5, 5.41) is 0.639. The molecule has 0 saturated heterocycles. The van der Waals surface area contributed by atoms with Gasteiger partial charge in [0.2, 0.25) is 0 Å². The van der Waals surface area contributed by atoms with Crippen LogP contribution in [0.5, 0.6) is 11.5 Å². The smallest absolute Gasteiger partial charge is 0.161 e. The van der Waals surface area contributed by atoms with Gasteiger partial charge in [0.15, 0.2) is 11.5 Å². The normalized spacial score (nSPS) is 12.1. The van der Waals surface area contributed by atoms with Crippen LogP contribution in [0.1, 0.15) is 22.7 Å². The van der Waals surface area contributed by atoms with Crippen molar-refractivity contribution < 1.29 is 9.47 Å². The standard InChI is InChI=1S/C16H17BrClNO2/c1-9-6-14(20-2)15(21-3)8-11(9)16(19)12-7-10(17)4-5-13(12)18/h4-8,16H,19H2,1-3H3. The molecular formula is C16H17BrClNO2. The van der Waals surface area contributed by atoms with Crippen LogP contribution in [-0.2, 0) is 0 Å². The molecule has 0 aliphatic carbocycles. The van der Waals surface area contributed by atoms with Crippen molar-refractivity contribution in [3.05, 3.63) is 56.5 Å². The average Bonchev–Trinajstić information content (AvgIpc) is 2.48. The first-order chi connectivity index (χ1) is 9.97. The van der Waals surface area contributed by atoms with Crippen molar-refractivity contribution in [1.82, 2.24) is 0 Å². The third-order valence-corrected chi connectivity index (χ3v) is 4.24. The molecule has 2 rings (SSSR count). The second-order valence-corrected chi connectivity index (χ2v) is 6.03. The summed E-state index contributed by atoms with van der Waals surface area (Å²) in [6.45, 7) is 1.99. The highest BCUT2D eigenvalue weighted by molar-refractivity contribution is 9.10. The first kappa shape index (κ1) is 16.1. The van der Waals surface area contributed by atoms with Gasteiger partial charge in [0.25, 0.3) is 0 Å². The van der Waals surface area contributed by atoms with E-state index in [1.165, 1.54) is 0 Å². The van der Waals surface area contributed by atoms with Crippen LogP contribution in [0.4, 0.5) is 0 Å². The van der Waals surface area contributed by atoms with Gasteiger partial charge in [-0.15, -0.1) is 0 Å². The van der Waals surface area contributed by atoms with Crippen LogP contribution in [0.25, 0.3) is 0 Å². The molecule has 0 saturated carbocycles. The molecule has 0 aliphatic rings. The van der Waals surface area contributed by atoms with E-state index in [2.05, 4.69) is 15.9 Å². The van der Waals surface area contributed by atoms with Crippen molar-refractivity contribution in [3.63, 3.8) is 0 Å². The van der Waals surface area contributed by atoms with E-state index in [0.717, 1.165) is 21.2 Å². The van der Waals surface area contributed by atoms with Crippen LogP contribution in [0.3, 0.4) is 0 Å². The Kier molecular flexibility index (Phi) is 5.14. The third-order valence-electron chi connectivity index (χ3n) is 3.40. The third kappa shape index (κ3) is 3.34. The fourth-order valence-corrected chi connectivity index (χ4v) is 2.87. The number of methoxy groups -OCH3 is 2. The molecule has 1 atom stereocenters. The first-order valence-electron chi connectivity index (χ1n) is 6.41. The highest BCUT2D eigenvalue weighted by Crippen LogP contribution is 2.36. The van der Waals surface area contributed by atoms with Crippen molar-refractivity contribution in [1.29, 1.82) is 0 Å². The summed E-state index contributed by atoms with van der Waals surface area (Å²) < 4.78 is 11.6. The number of nitrogens with two attached hydrogens (primary N) is 1. The van der Waals surface area contributed by atoms with Gasteiger partial charge < -0.3 is 15.2 Å². The monoisotopic (exact) mass is 369 g/mol. The average molecular weight is 371 g/mol. The van der Waals surface area contributed by atoms with E-state index in [9.17, 15) is 0 Å². The summed E-state index contributed by atoms with van der Waals surface area (Å²) in [7, 11) is 3.22. The van der Waals surface area contributed by atoms with E-state index in [4.69, 9.17) is 26.8 Å². The molecule has 1 unspecified atom stereocenters. The van der Waals surface area contributed by atoms with Gasteiger partial charge in [0, 0.05) is 9.50 Å². The Labute approximate surface area is 138 Å². The van der Waals surface area contributed by atoms with E-state index in [-0.39, 0.29) is 6.04 Å². The summed E-state index contributed by atoms with van der Waals surface area (Å²) in [5.74, 6) is 1.34. The minimum atomic E-state index is -0.338. The van der Waals surface area contributed by atoms with Crippen LogP contribution in [0.2, 0.25) is 5.02 Å². The van der Waals surface area contributed by atoms with Gasteiger partial charge >= 0.3 is 0 Å². The maximum absolute atomic E-state index is 6.40. The Morgan fingerprint density at radius 3 is 2.29 bits per heavy atom. The molecule has 0 bridgehead atoms. The van der Waals surface area contributed by atoms with E-state index >= 15 is 0 Å². The molecule has 2 aromatic rings. The molecule has 0 radical (unpaired) electrons. The van der Waals surface area contributed by atoms with E-state index in [0.29, 0.717) is 16.5 Å². The number of halogens is 2. The van der Waals surface area contributed by atoms with Gasteiger partial charge in [-0.3, -0.25) is 0 Å². The predicted octanol–water partition coefficient (Wildman–Crippen LogP) is 4.48. The largest absolute Gasteiger partial charge is 0.493 e. The van der Waals surface area contributed by atoms with E-state index in [1.807, 2.05) is 37.3 Å².